The minimum absolute atomic E-state index is 0.574. The molecule has 1 aromatic heterocycles. The van der Waals surface area contributed by atoms with Crippen LogP contribution in [0, 0.1) is 0 Å². The maximum absolute atomic E-state index is 14.3. The molecule has 2 fully saturated rings. The van der Waals surface area contributed by atoms with Crippen LogP contribution in [0.25, 0.3) is 22.3 Å². The number of aromatic hydroxyl groups is 1. The lowest BCUT2D eigenvalue weighted by Gasteiger charge is -2.42. The van der Waals surface area contributed by atoms with Gasteiger partial charge in [-0.1, -0.05) is 0 Å². The van der Waals surface area contributed by atoms with E-state index in [0.29, 0.717) is 24.3 Å². The van der Waals surface area contributed by atoms with Gasteiger partial charge in [-0.3, -0.25) is 4.79 Å². The van der Waals surface area contributed by atoms with Crippen LogP contribution < -0.4 is 24.4 Å². The second-order valence-corrected chi connectivity index (χ2v) is 11.2. The Morgan fingerprint density at radius 2 is 1.38 bits per heavy atom. The van der Waals surface area contributed by atoms with Crippen LogP contribution in [-0.4, -0.2) is 158 Å². The predicted octanol–water partition coefficient (Wildman–Crippen LogP) is -2.69. The summed E-state index contributed by atoms with van der Waals surface area (Å²) in [5.74, 6) is -5.97. The van der Waals surface area contributed by atoms with E-state index in [2.05, 4.69) is 0 Å². The van der Waals surface area contributed by atoms with Gasteiger partial charge in [-0.25, -0.2) is 0 Å². The Morgan fingerprint density at radius 3 is 2.08 bits per heavy atom. The van der Waals surface area contributed by atoms with Crippen molar-refractivity contribution in [3.63, 3.8) is 0 Å². The first-order chi connectivity index (χ1) is 29.1. The molecule has 288 valence electrons. The SMILES string of the molecule is [2H]C([2H])(O)C([2H])([2H])Oc1cc(O)c2c(=O)c(OC3OC(COC4OC(C)C(O)C(O)C4O)C(O)C(O)C3O)c(-c3ccc(OC([2H])([2H])C([2H])([2H])O)c(OC([2H])([2H])C([2H])([2H])O)c3)oc2c1. The summed E-state index contributed by atoms with van der Waals surface area (Å²) >= 11 is 0. The van der Waals surface area contributed by atoms with Crippen molar-refractivity contribution in [1.29, 1.82) is 0 Å². The molecule has 10 unspecified atom stereocenters. The number of benzene rings is 2. The van der Waals surface area contributed by atoms with Crippen LogP contribution in [0.1, 0.15) is 23.4 Å². The number of aliphatic hydroxyl groups excluding tert-OH is 6. The van der Waals surface area contributed by atoms with Crippen molar-refractivity contribution in [2.24, 2.45) is 0 Å². The highest BCUT2D eigenvalue weighted by Crippen LogP contribution is 2.40. The molecule has 19 nitrogen and oxygen atoms in total. The van der Waals surface area contributed by atoms with E-state index in [-0.39, 0.29) is 0 Å². The smallest absolute Gasteiger partial charge is 0.239 e. The Kier molecular flexibility index (Phi) is 8.67. The molecule has 0 amide bonds. The van der Waals surface area contributed by atoms with Crippen molar-refractivity contribution in [3.8, 4) is 40.1 Å². The molecule has 19 heteroatoms. The van der Waals surface area contributed by atoms with Gasteiger partial charge in [0.25, 0.3) is 0 Å². The number of aliphatic hydroxyl groups is 9. The van der Waals surface area contributed by atoms with Gasteiger partial charge in [0.15, 0.2) is 23.5 Å². The van der Waals surface area contributed by atoms with E-state index in [4.69, 9.17) is 54.0 Å². The van der Waals surface area contributed by atoms with Gasteiger partial charge in [-0.15, -0.1) is 0 Å². The van der Waals surface area contributed by atoms with Gasteiger partial charge in [-0.2, -0.15) is 0 Å². The third-order valence-electron chi connectivity index (χ3n) is 7.88. The van der Waals surface area contributed by atoms with Crippen LogP contribution in [-0.2, 0) is 14.2 Å². The minimum Gasteiger partial charge on any atom is -0.507 e. The summed E-state index contributed by atoms with van der Waals surface area (Å²) in [7, 11) is 0. The molecule has 2 aliphatic rings. The molecule has 0 bridgehead atoms. The second-order valence-electron chi connectivity index (χ2n) is 11.2. The summed E-state index contributed by atoms with van der Waals surface area (Å²) in [6, 6.07) is 3.42. The Labute approximate surface area is 311 Å². The van der Waals surface area contributed by atoms with Gasteiger partial charge < -0.3 is 88.6 Å². The summed E-state index contributed by atoms with van der Waals surface area (Å²) in [6.45, 7) is -21.7. The number of rotatable bonds is 15. The van der Waals surface area contributed by atoms with Crippen molar-refractivity contribution >= 4 is 11.0 Å². The molecule has 2 aliphatic heterocycles. The van der Waals surface area contributed by atoms with Crippen LogP contribution in [0.3, 0.4) is 0 Å². The molecule has 3 heterocycles. The topological polar surface area (TPSA) is 297 Å². The summed E-state index contributed by atoms with van der Waals surface area (Å²) in [6.07, 6.45) is -18.3. The average Bonchev–Trinajstić information content (AvgIpc) is 3.15. The van der Waals surface area contributed by atoms with Crippen molar-refractivity contribution in [2.75, 3.05) is 46.0 Å². The van der Waals surface area contributed by atoms with E-state index in [9.17, 15) is 55.9 Å². The van der Waals surface area contributed by atoms with Gasteiger partial charge in [0.05, 0.1) is 48.8 Å². The third kappa shape index (κ3) is 8.36. The fraction of sp³-hybridized carbons (Fsp3) is 0.545. The number of phenolic OH excluding ortho intramolecular Hbond substituents is 1. The van der Waals surface area contributed by atoms with Gasteiger partial charge in [-0.05, 0) is 25.1 Å². The monoisotopic (exact) mass is 754 g/mol. The number of ether oxygens (including phenoxy) is 7. The first-order valence-corrected chi connectivity index (χ1v) is 15.0. The standard InChI is InChI=1S/C33H42O19/c1-14-23(38)26(41)28(43)32(49-14)48-13-21-24(39)27(42)29(44)33(51-21)52-31-25(40)22-17(37)11-16(45-7-4-34)12-20(22)50-30(31)15-2-3-18(46-8-5-35)19(10-15)47-9-6-36/h2-3,10-12,14,21,23-24,26-29,32-39,41-44H,4-9,13H2,1H3/i4D2,5D2,6D2,7D2,8D2,9D2. The first kappa shape index (κ1) is 26.0. The lowest BCUT2D eigenvalue weighted by Crippen LogP contribution is -2.61. The number of phenols is 1. The zero-order chi connectivity index (χ0) is 48.4. The molecule has 10 atom stereocenters. The maximum Gasteiger partial charge on any atom is 0.239 e. The molecule has 52 heavy (non-hydrogen) atoms. The highest BCUT2D eigenvalue weighted by atomic mass is 16.7. The van der Waals surface area contributed by atoms with E-state index in [1.807, 2.05) is 0 Å². The molecule has 0 radical (unpaired) electrons. The van der Waals surface area contributed by atoms with Gasteiger partial charge in [0, 0.05) is 17.7 Å². The third-order valence-corrected chi connectivity index (χ3v) is 7.88. The highest BCUT2D eigenvalue weighted by molar-refractivity contribution is 5.88. The van der Waals surface area contributed by atoms with Crippen LogP contribution in [0.4, 0.5) is 0 Å². The quantitative estimate of drug-likeness (QED) is 0.0755. The second kappa shape index (κ2) is 17.3. The molecular formula is C33H42O19. The predicted molar refractivity (Wildman–Crippen MR) is 173 cm³/mol. The summed E-state index contributed by atoms with van der Waals surface area (Å²) in [5.41, 5.74) is -2.75. The molecule has 2 aromatic carbocycles. The fourth-order valence-electron chi connectivity index (χ4n) is 5.27. The molecule has 10 N–H and O–H groups in total. The Bertz CT molecular complexity index is 2220. The normalized spacial score (nSPS) is 34.3. The molecule has 3 aromatic rings. The van der Waals surface area contributed by atoms with Gasteiger partial charge >= 0.3 is 0 Å². The summed E-state index contributed by atoms with van der Waals surface area (Å²) in [4.78, 5) is 14.3. The molecule has 2 saturated heterocycles. The minimum atomic E-state index is -3.83. The molecule has 0 aliphatic carbocycles. The van der Waals surface area contributed by atoms with E-state index in [1.165, 1.54) is 6.92 Å². The molecular weight excluding hydrogens is 700 g/mol. The summed E-state index contributed by atoms with van der Waals surface area (Å²) in [5, 5.41) is 103. The molecule has 0 spiro atoms. The van der Waals surface area contributed by atoms with E-state index in [0.717, 1.165) is 6.07 Å². The zero-order valence-corrected chi connectivity index (χ0v) is 26.5. The van der Waals surface area contributed by atoms with Crippen LogP contribution >= 0.6 is 0 Å². The van der Waals surface area contributed by atoms with Gasteiger partial charge in [0.2, 0.25) is 17.5 Å². The molecule has 0 saturated carbocycles. The Hall–Kier alpha value is -3.83. The Balaban J connectivity index is 1.67. The highest BCUT2D eigenvalue weighted by Gasteiger charge is 2.48. The lowest BCUT2D eigenvalue weighted by atomic mass is 9.98. The van der Waals surface area contributed by atoms with E-state index < -0.39 is 164 Å². The van der Waals surface area contributed by atoms with Crippen LogP contribution in [0.15, 0.2) is 39.5 Å². The maximum atomic E-state index is 14.3. The fourth-order valence-corrected chi connectivity index (χ4v) is 5.27. The van der Waals surface area contributed by atoms with Crippen molar-refractivity contribution < 1.29 is 105 Å². The average molecular weight is 755 g/mol. The molecule has 5 rings (SSSR count). The van der Waals surface area contributed by atoms with E-state index in [1.54, 1.807) is 0 Å². The van der Waals surface area contributed by atoms with Gasteiger partial charge in [0.1, 0.15) is 84.9 Å². The summed E-state index contributed by atoms with van der Waals surface area (Å²) < 4.78 is 134. The van der Waals surface area contributed by atoms with Crippen molar-refractivity contribution in [1.82, 2.24) is 0 Å². The van der Waals surface area contributed by atoms with E-state index >= 15 is 0 Å². The first-order valence-electron chi connectivity index (χ1n) is 21.0. The zero-order valence-electron chi connectivity index (χ0n) is 38.5. The van der Waals surface area contributed by atoms with Crippen molar-refractivity contribution in [2.45, 2.75) is 68.3 Å². The Morgan fingerprint density at radius 1 is 0.750 bits per heavy atom. The lowest BCUT2D eigenvalue weighted by molar-refractivity contribution is -0.318. The van der Waals surface area contributed by atoms with Crippen molar-refractivity contribution in [3.05, 3.63) is 40.6 Å². The largest absolute Gasteiger partial charge is 0.507 e. The van der Waals surface area contributed by atoms with Crippen LogP contribution in [0.5, 0.6) is 28.7 Å². The number of fused-ring (bicyclic) bond motifs is 1. The number of hydrogen-bond acceptors (Lipinski definition) is 19. The van der Waals surface area contributed by atoms with Crippen LogP contribution in [0.2, 0.25) is 0 Å². The number of hydrogen-bond donors (Lipinski definition) is 10.